The molecule has 1 aromatic heterocycles. The topological polar surface area (TPSA) is 98.1 Å². The van der Waals surface area contributed by atoms with Crippen LogP contribution < -0.4 is 16.4 Å². The Balaban J connectivity index is 2.07. The molecular weight excluding hydrogens is 218 g/mol. The Morgan fingerprint density at radius 2 is 2.18 bits per heavy atom. The third-order valence-electron chi connectivity index (χ3n) is 3.20. The van der Waals surface area contributed by atoms with E-state index >= 15 is 0 Å². The van der Waals surface area contributed by atoms with Crippen molar-refractivity contribution in [1.82, 2.24) is 10.2 Å². The highest BCUT2D eigenvalue weighted by atomic mass is 16.1. The summed E-state index contributed by atoms with van der Waals surface area (Å²) in [7, 11) is 0. The SMILES string of the molecule is NCc1ccnnc1N1CCC(C(N)=O)CC1. The third-order valence-corrected chi connectivity index (χ3v) is 3.20. The van der Waals surface area contributed by atoms with Crippen LogP contribution in [0, 0.1) is 5.92 Å². The summed E-state index contributed by atoms with van der Waals surface area (Å²) in [6.45, 7) is 2.00. The van der Waals surface area contributed by atoms with Crippen LogP contribution in [0.5, 0.6) is 0 Å². The molecule has 0 aliphatic carbocycles. The molecule has 6 nitrogen and oxygen atoms in total. The minimum atomic E-state index is -0.206. The van der Waals surface area contributed by atoms with Gasteiger partial charge in [-0.25, -0.2) is 0 Å². The van der Waals surface area contributed by atoms with Crippen molar-refractivity contribution in [2.75, 3.05) is 18.0 Å². The first kappa shape index (κ1) is 11.8. The van der Waals surface area contributed by atoms with Crippen LogP contribution in [0.4, 0.5) is 5.82 Å². The summed E-state index contributed by atoms with van der Waals surface area (Å²) in [5, 5.41) is 8.01. The second-order valence-electron chi connectivity index (χ2n) is 4.25. The number of carbonyl (C=O) groups excluding carboxylic acids is 1. The summed E-state index contributed by atoms with van der Waals surface area (Å²) in [5.74, 6) is 0.616. The van der Waals surface area contributed by atoms with Crippen molar-refractivity contribution in [2.24, 2.45) is 17.4 Å². The maximum Gasteiger partial charge on any atom is 0.220 e. The molecule has 17 heavy (non-hydrogen) atoms. The minimum absolute atomic E-state index is 0.00996. The van der Waals surface area contributed by atoms with Crippen molar-refractivity contribution in [3.63, 3.8) is 0 Å². The molecule has 0 saturated carbocycles. The zero-order chi connectivity index (χ0) is 12.3. The highest BCUT2D eigenvalue weighted by Gasteiger charge is 2.24. The number of aromatic nitrogens is 2. The van der Waals surface area contributed by atoms with Crippen LogP contribution in [0.2, 0.25) is 0 Å². The number of piperidine rings is 1. The molecule has 4 N–H and O–H groups in total. The van der Waals surface area contributed by atoms with Gasteiger partial charge in [-0.15, -0.1) is 5.10 Å². The molecule has 0 bridgehead atoms. The van der Waals surface area contributed by atoms with Gasteiger partial charge in [-0.1, -0.05) is 0 Å². The lowest BCUT2D eigenvalue weighted by Crippen LogP contribution is -2.39. The predicted molar refractivity (Wildman–Crippen MR) is 64.1 cm³/mol. The van der Waals surface area contributed by atoms with E-state index in [9.17, 15) is 4.79 Å². The molecule has 0 aromatic carbocycles. The van der Waals surface area contributed by atoms with Crippen LogP contribution in [0.3, 0.4) is 0 Å². The van der Waals surface area contributed by atoms with E-state index in [1.807, 2.05) is 6.07 Å². The van der Waals surface area contributed by atoms with E-state index in [0.717, 1.165) is 37.3 Å². The lowest BCUT2D eigenvalue weighted by molar-refractivity contribution is -0.122. The van der Waals surface area contributed by atoms with Crippen LogP contribution >= 0.6 is 0 Å². The average Bonchev–Trinajstić information content (AvgIpc) is 2.39. The van der Waals surface area contributed by atoms with E-state index in [4.69, 9.17) is 11.5 Å². The molecule has 1 aromatic rings. The number of nitrogens with zero attached hydrogens (tertiary/aromatic N) is 3. The highest BCUT2D eigenvalue weighted by Crippen LogP contribution is 2.23. The molecule has 1 amide bonds. The van der Waals surface area contributed by atoms with Gasteiger partial charge in [0.15, 0.2) is 5.82 Å². The fraction of sp³-hybridized carbons (Fsp3) is 0.545. The Labute approximate surface area is 100.0 Å². The molecule has 1 fully saturated rings. The maximum absolute atomic E-state index is 11.1. The van der Waals surface area contributed by atoms with E-state index in [0.29, 0.717) is 6.54 Å². The quantitative estimate of drug-likeness (QED) is 0.745. The van der Waals surface area contributed by atoms with Crippen molar-refractivity contribution < 1.29 is 4.79 Å². The van der Waals surface area contributed by atoms with Gasteiger partial charge in [0.25, 0.3) is 0 Å². The van der Waals surface area contributed by atoms with Crippen molar-refractivity contribution in [3.05, 3.63) is 17.8 Å². The van der Waals surface area contributed by atoms with Gasteiger partial charge in [-0.2, -0.15) is 5.10 Å². The fourth-order valence-electron chi connectivity index (χ4n) is 2.15. The van der Waals surface area contributed by atoms with Crippen LogP contribution in [-0.4, -0.2) is 29.2 Å². The fourth-order valence-corrected chi connectivity index (χ4v) is 2.15. The number of carbonyl (C=O) groups is 1. The lowest BCUT2D eigenvalue weighted by Gasteiger charge is -2.32. The zero-order valence-corrected chi connectivity index (χ0v) is 9.67. The Bertz CT molecular complexity index is 401. The highest BCUT2D eigenvalue weighted by molar-refractivity contribution is 5.77. The lowest BCUT2D eigenvalue weighted by atomic mass is 9.96. The number of primary amides is 1. The molecule has 1 saturated heterocycles. The molecule has 1 aliphatic heterocycles. The Hall–Kier alpha value is -1.69. The van der Waals surface area contributed by atoms with E-state index < -0.39 is 0 Å². The Kier molecular flexibility index (Phi) is 3.53. The molecule has 1 aliphatic rings. The summed E-state index contributed by atoms with van der Waals surface area (Å²) in [6, 6.07) is 1.88. The summed E-state index contributed by atoms with van der Waals surface area (Å²) in [5.41, 5.74) is 12.0. The molecule has 0 spiro atoms. The molecule has 2 rings (SSSR count). The number of amides is 1. The van der Waals surface area contributed by atoms with Crippen LogP contribution in [-0.2, 0) is 11.3 Å². The van der Waals surface area contributed by atoms with E-state index in [1.54, 1.807) is 6.20 Å². The summed E-state index contributed by atoms with van der Waals surface area (Å²) < 4.78 is 0. The summed E-state index contributed by atoms with van der Waals surface area (Å²) >= 11 is 0. The second kappa shape index (κ2) is 5.09. The van der Waals surface area contributed by atoms with Crippen molar-refractivity contribution in [2.45, 2.75) is 19.4 Å². The van der Waals surface area contributed by atoms with Gasteiger partial charge in [0.05, 0.1) is 6.20 Å². The maximum atomic E-state index is 11.1. The number of hydrogen-bond donors (Lipinski definition) is 2. The third kappa shape index (κ3) is 2.52. The summed E-state index contributed by atoms with van der Waals surface area (Å²) in [4.78, 5) is 13.2. The van der Waals surface area contributed by atoms with E-state index in [-0.39, 0.29) is 11.8 Å². The Morgan fingerprint density at radius 3 is 2.76 bits per heavy atom. The first-order valence-electron chi connectivity index (χ1n) is 5.77. The van der Waals surface area contributed by atoms with Gasteiger partial charge < -0.3 is 16.4 Å². The average molecular weight is 235 g/mol. The first-order valence-corrected chi connectivity index (χ1v) is 5.77. The van der Waals surface area contributed by atoms with Gasteiger partial charge >= 0.3 is 0 Å². The smallest absolute Gasteiger partial charge is 0.220 e. The molecule has 92 valence electrons. The minimum Gasteiger partial charge on any atom is -0.369 e. The summed E-state index contributed by atoms with van der Waals surface area (Å²) in [6.07, 6.45) is 3.19. The monoisotopic (exact) mass is 235 g/mol. The van der Waals surface area contributed by atoms with Gasteiger partial charge in [-0.3, -0.25) is 4.79 Å². The zero-order valence-electron chi connectivity index (χ0n) is 9.67. The predicted octanol–water partition coefficient (Wildman–Crippen LogP) is -0.363. The van der Waals surface area contributed by atoms with E-state index in [2.05, 4.69) is 15.1 Å². The van der Waals surface area contributed by atoms with Gasteiger partial charge in [0.2, 0.25) is 5.91 Å². The standard InChI is InChI=1S/C11H17N5O/c12-7-9-1-4-14-15-11(9)16-5-2-8(3-6-16)10(13)17/h1,4,8H,2-3,5-7,12H2,(H2,13,17). The van der Waals surface area contributed by atoms with Crippen LogP contribution in [0.25, 0.3) is 0 Å². The molecule has 0 radical (unpaired) electrons. The molecule has 2 heterocycles. The second-order valence-corrected chi connectivity index (χ2v) is 4.25. The molecular formula is C11H17N5O. The Morgan fingerprint density at radius 1 is 1.47 bits per heavy atom. The van der Waals surface area contributed by atoms with Crippen molar-refractivity contribution in [3.8, 4) is 0 Å². The normalized spacial score (nSPS) is 17.1. The molecule has 0 unspecified atom stereocenters. The van der Waals surface area contributed by atoms with Gasteiger partial charge in [0.1, 0.15) is 0 Å². The molecule has 6 heteroatoms. The largest absolute Gasteiger partial charge is 0.369 e. The number of nitrogens with two attached hydrogens (primary N) is 2. The molecule has 0 atom stereocenters. The van der Waals surface area contributed by atoms with Crippen LogP contribution in [0.15, 0.2) is 12.3 Å². The number of anilines is 1. The number of rotatable bonds is 3. The van der Waals surface area contributed by atoms with Crippen molar-refractivity contribution >= 4 is 11.7 Å². The first-order chi connectivity index (χ1) is 8.22. The van der Waals surface area contributed by atoms with Gasteiger partial charge in [0, 0.05) is 31.1 Å². The van der Waals surface area contributed by atoms with Crippen LogP contribution in [0.1, 0.15) is 18.4 Å². The number of hydrogen-bond acceptors (Lipinski definition) is 5. The van der Waals surface area contributed by atoms with Gasteiger partial charge in [-0.05, 0) is 18.9 Å². The van der Waals surface area contributed by atoms with E-state index in [1.165, 1.54) is 0 Å². The van der Waals surface area contributed by atoms with Crippen molar-refractivity contribution in [1.29, 1.82) is 0 Å².